The number of aromatic amines is 1. The topological polar surface area (TPSA) is 69.1 Å². The van der Waals surface area contributed by atoms with Crippen molar-refractivity contribution in [1.29, 1.82) is 0 Å². The molecule has 6 nitrogen and oxygen atoms in total. The summed E-state index contributed by atoms with van der Waals surface area (Å²) in [7, 11) is 1.75. The average molecular weight is 480 g/mol. The maximum atomic E-state index is 11.9. The van der Waals surface area contributed by atoms with E-state index in [2.05, 4.69) is 20.9 Å². The number of nitrogens with one attached hydrogen (secondary N) is 1. The van der Waals surface area contributed by atoms with E-state index in [1.54, 1.807) is 17.7 Å². The van der Waals surface area contributed by atoms with Gasteiger partial charge in [0.1, 0.15) is 17.1 Å². The Hall–Kier alpha value is -2.90. The zero-order valence-electron chi connectivity index (χ0n) is 17.1. The van der Waals surface area contributed by atoms with Crippen LogP contribution in [0.3, 0.4) is 0 Å². The number of para-hydroxylation sites is 1. The lowest BCUT2D eigenvalue weighted by Crippen LogP contribution is -2.15. The molecule has 0 amide bonds. The smallest absolute Gasteiger partial charge is 0.250 e. The fraction of sp³-hybridized carbons (Fsp3) is 0.250. The number of rotatable bonds is 4. The van der Waals surface area contributed by atoms with Gasteiger partial charge in [-0.15, -0.1) is 0 Å². The maximum absolute atomic E-state index is 11.9. The van der Waals surface area contributed by atoms with Crippen LogP contribution in [0.15, 0.2) is 64.0 Å². The van der Waals surface area contributed by atoms with Crippen molar-refractivity contribution in [3.05, 3.63) is 75.4 Å². The molecular formula is C24H22BrN3O3. The van der Waals surface area contributed by atoms with Crippen LogP contribution in [-0.4, -0.2) is 27.7 Å². The number of nitrogens with zero attached hydrogens (tertiary/aromatic N) is 2. The van der Waals surface area contributed by atoms with Crippen molar-refractivity contribution in [2.75, 3.05) is 13.2 Å². The second-order valence-electron chi connectivity index (χ2n) is 7.75. The summed E-state index contributed by atoms with van der Waals surface area (Å²) >= 11 is 3.58. The summed E-state index contributed by atoms with van der Waals surface area (Å²) in [5, 5.41) is 0. The molecule has 158 valence electrons. The number of aryl methyl sites for hydroxylation is 1. The molecule has 4 aromatic rings. The molecule has 0 saturated carbocycles. The summed E-state index contributed by atoms with van der Waals surface area (Å²) in [4.78, 5) is 20.4. The van der Waals surface area contributed by atoms with Crippen molar-refractivity contribution in [2.45, 2.75) is 18.8 Å². The number of halogens is 1. The van der Waals surface area contributed by atoms with Crippen LogP contribution >= 0.6 is 15.9 Å². The van der Waals surface area contributed by atoms with Crippen LogP contribution in [0.25, 0.3) is 22.2 Å². The summed E-state index contributed by atoms with van der Waals surface area (Å²) in [6, 6.07) is 15.2. The predicted molar refractivity (Wildman–Crippen MR) is 124 cm³/mol. The number of imidazole rings is 1. The summed E-state index contributed by atoms with van der Waals surface area (Å²) in [5.74, 6) is 2.68. The third-order valence-corrected chi connectivity index (χ3v) is 6.34. The largest absolute Gasteiger partial charge is 0.453 e. The van der Waals surface area contributed by atoms with E-state index < -0.39 is 0 Å². The average Bonchev–Trinajstić information content (AvgIpc) is 3.23. The molecule has 1 saturated heterocycles. The maximum Gasteiger partial charge on any atom is 0.250 e. The number of H-pyrrole nitrogens is 1. The monoisotopic (exact) mass is 479 g/mol. The second-order valence-corrected chi connectivity index (χ2v) is 8.60. The molecule has 0 aliphatic carbocycles. The number of ether oxygens (including phenoxy) is 2. The van der Waals surface area contributed by atoms with E-state index in [0.29, 0.717) is 17.4 Å². The first-order valence-electron chi connectivity index (χ1n) is 10.3. The van der Waals surface area contributed by atoms with Gasteiger partial charge in [0.15, 0.2) is 5.75 Å². The lowest BCUT2D eigenvalue weighted by Gasteiger charge is -2.19. The summed E-state index contributed by atoms with van der Waals surface area (Å²) in [6.07, 6.45) is 3.73. The Morgan fingerprint density at radius 1 is 1.13 bits per heavy atom. The van der Waals surface area contributed by atoms with Crippen molar-refractivity contribution < 1.29 is 9.47 Å². The van der Waals surface area contributed by atoms with Crippen LogP contribution in [-0.2, 0) is 11.8 Å². The lowest BCUT2D eigenvalue weighted by molar-refractivity contribution is 0.0838. The molecule has 31 heavy (non-hydrogen) atoms. The van der Waals surface area contributed by atoms with Crippen LogP contribution in [0.2, 0.25) is 0 Å². The molecule has 2 aromatic carbocycles. The van der Waals surface area contributed by atoms with Gasteiger partial charge in [-0.25, -0.2) is 4.98 Å². The zero-order valence-corrected chi connectivity index (χ0v) is 18.7. The normalized spacial score (nSPS) is 14.8. The minimum Gasteiger partial charge on any atom is -0.453 e. The van der Waals surface area contributed by atoms with Crippen LogP contribution in [0.4, 0.5) is 0 Å². The number of aromatic nitrogens is 3. The Labute approximate surface area is 188 Å². The SMILES string of the molecule is Cn1cc(-c2ccc3[nH]c(C4CCOCC4)nc3c2Oc2ccccc2Br)ccc1=O. The van der Waals surface area contributed by atoms with Crippen LogP contribution in [0.1, 0.15) is 24.6 Å². The van der Waals surface area contributed by atoms with Crippen molar-refractivity contribution >= 4 is 27.0 Å². The van der Waals surface area contributed by atoms with Crippen LogP contribution < -0.4 is 10.3 Å². The van der Waals surface area contributed by atoms with Gasteiger partial charge in [-0.1, -0.05) is 12.1 Å². The summed E-state index contributed by atoms with van der Waals surface area (Å²) in [5.41, 5.74) is 3.42. The molecule has 1 N–H and O–H groups in total. The number of hydrogen-bond acceptors (Lipinski definition) is 4. The van der Waals surface area contributed by atoms with E-state index in [1.807, 2.05) is 48.7 Å². The molecule has 0 radical (unpaired) electrons. The molecule has 3 heterocycles. The second kappa shape index (κ2) is 8.32. The molecule has 2 aromatic heterocycles. The van der Waals surface area contributed by atoms with Gasteiger partial charge in [-0.2, -0.15) is 0 Å². The summed E-state index contributed by atoms with van der Waals surface area (Å²) in [6.45, 7) is 1.51. The molecule has 0 spiro atoms. The Morgan fingerprint density at radius 2 is 1.94 bits per heavy atom. The highest BCUT2D eigenvalue weighted by Gasteiger charge is 2.22. The van der Waals surface area contributed by atoms with Gasteiger partial charge in [-0.3, -0.25) is 4.79 Å². The van der Waals surface area contributed by atoms with E-state index in [9.17, 15) is 4.79 Å². The van der Waals surface area contributed by atoms with Gasteiger partial charge in [0, 0.05) is 49.6 Å². The van der Waals surface area contributed by atoms with E-state index in [1.165, 1.54) is 0 Å². The van der Waals surface area contributed by atoms with Crippen molar-refractivity contribution in [2.24, 2.45) is 7.05 Å². The standard InChI is InChI=1S/C24H22BrN3O3/c1-28-14-16(6-9-21(28)29)17-7-8-19-22(23(17)31-20-5-3-2-4-18(20)25)27-24(26-19)15-10-12-30-13-11-15/h2-9,14-15H,10-13H2,1H3,(H,26,27). The Balaban J connectivity index is 1.68. The molecule has 0 bridgehead atoms. The van der Waals surface area contributed by atoms with Gasteiger partial charge in [0.05, 0.1) is 9.99 Å². The lowest BCUT2D eigenvalue weighted by atomic mass is 10.00. The first-order valence-corrected chi connectivity index (χ1v) is 11.1. The first kappa shape index (κ1) is 20.0. The van der Waals surface area contributed by atoms with Crippen molar-refractivity contribution in [3.8, 4) is 22.6 Å². The Kier molecular flexibility index (Phi) is 5.38. The highest BCUT2D eigenvalue weighted by molar-refractivity contribution is 9.10. The van der Waals surface area contributed by atoms with Crippen molar-refractivity contribution in [1.82, 2.24) is 14.5 Å². The quantitative estimate of drug-likeness (QED) is 0.426. The number of pyridine rings is 1. The fourth-order valence-electron chi connectivity index (χ4n) is 3.96. The number of hydrogen-bond donors (Lipinski definition) is 1. The fourth-order valence-corrected chi connectivity index (χ4v) is 4.32. The highest BCUT2D eigenvalue weighted by Crippen LogP contribution is 2.41. The molecular weight excluding hydrogens is 458 g/mol. The van der Waals surface area contributed by atoms with Crippen LogP contribution in [0.5, 0.6) is 11.5 Å². The Bertz CT molecular complexity index is 1310. The predicted octanol–water partition coefficient (Wildman–Crippen LogP) is 5.38. The van der Waals surface area contributed by atoms with E-state index in [0.717, 1.165) is 58.5 Å². The molecule has 1 aliphatic heterocycles. The van der Waals surface area contributed by atoms with E-state index >= 15 is 0 Å². The molecule has 1 aliphatic rings. The van der Waals surface area contributed by atoms with Crippen molar-refractivity contribution in [3.63, 3.8) is 0 Å². The highest BCUT2D eigenvalue weighted by atomic mass is 79.9. The van der Waals surface area contributed by atoms with Crippen LogP contribution in [0, 0.1) is 0 Å². The number of fused-ring (bicyclic) bond motifs is 1. The molecule has 5 rings (SSSR count). The Morgan fingerprint density at radius 3 is 2.71 bits per heavy atom. The molecule has 0 unspecified atom stereocenters. The minimum absolute atomic E-state index is 0.0559. The van der Waals surface area contributed by atoms with E-state index in [4.69, 9.17) is 14.5 Å². The van der Waals surface area contributed by atoms with Gasteiger partial charge in [-0.05, 0) is 59.1 Å². The number of benzene rings is 2. The van der Waals surface area contributed by atoms with Gasteiger partial charge in [0.25, 0.3) is 0 Å². The first-order chi connectivity index (χ1) is 15.1. The van der Waals surface area contributed by atoms with Gasteiger partial charge >= 0.3 is 0 Å². The van der Waals surface area contributed by atoms with Gasteiger partial charge < -0.3 is 19.0 Å². The van der Waals surface area contributed by atoms with E-state index in [-0.39, 0.29) is 5.56 Å². The van der Waals surface area contributed by atoms with Gasteiger partial charge in [0.2, 0.25) is 5.56 Å². The third-order valence-electron chi connectivity index (χ3n) is 5.68. The molecule has 1 fully saturated rings. The summed E-state index contributed by atoms with van der Waals surface area (Å²) < 4.78 is 14.4. The zero-order chi connectivity index (χ0) is 21.4. The molecule has 0 atom stereocenters. The minimum atomic E-state index is -0.0559. The molecule has 7 heteroatoms. The third kappa shape index (κ3) is 3.91.